The zero-order chi connectivity index (χ0) is 10.6. The molecule has 5 heteroatoms. The molecule has 4 nitrogen and oxygen atoms in total. The van der Waals surface area contributed by atoms with Crippen molar-refractivity contribution in [2.75, 3.05) is 0 Å². The fourth-order valence-electron chi connectivity index (χ4n) is 0.975. The highest BCUT2D eigenvalue weighted by molar-refractivity contribution is 6.33. The van der Waals surface area contributed by atoms with Gasteiger partial charge in [-0.1, -0.05) is 23.7 Å². The van der Waals surface area contributed by atoms with Crippen molar-refractivity contribution in [2.45, 2.75) is 6.92 Å². The summed E-state index contributed by atoms with van der Waals surface area (Å²) in [5.74, 6) is -0.203. The first-order valence-electron chi connectivity index (χ1n) is 3.99. The van der Waals surface area contributed by atoms with Gasteiger partial charge in [0.1, 0.15) is 0 Å². The monoisotopic (exact) mass is 210 g/mol. The van der Waals surface area contributed by atoms with Gasteiger partial charge in [-0.3, -0.25) is 5.41 Å². The van der Waals surface area contributed by atoms with Crippen molar-refractivity contribution in [1.29, 1.82) is 5.41 Å². The molecule has 0 aliphatic rings. The van der Waals surface area contributed by atoms with E-state index in [4.69, 9.17) is 22.7 Å². The minimum atomic E-state index is -0.203. The average Bonchev–Trinajstić information content (AvgIpc) is 2.09. The van der Waals surface area contributed by atoms with Crippen LogP contribution in [0.3, 0.4) is 0 Å². The van der Waals surface area contributed by atoms with Gasteiger partial charge in [0.25, 0.3) is 0 Å². The van der Waals surface area contributed by atoms with E-state index in [1.807, 2.05) is 19.1 Å². The highest BCUT2D eigenvalue weighted by atomic mass is 35.5. The third-order valence-electron chi connectivity index (χ3n) is 1.65. The zero-order valence-electron chi connectivity index (χ0n) is 7.71. The van der Waals surface area contributed by atoms with Crippen LogP contribution in [0.1, 0.15) is 11.1 Å². The third kappa shape index (κ3) is 2.74. The van der Waals surface area contributed by atoms with Crippen molar-refractivity contribution < 1.29 is 0 Å². The molecule has 0 aliphatic carbocycles. The lowest BCUT2D eigenvalue weighted by molar-refractivity contribution is 1.00. The Labute approximate surface area is 87.3 Å². The van der Waals surface area contributed by atoms with Crippen LogP contribution in [0.4, 0.5) is 0 Å². The Bertz CT molecular complexity index is 353. The maximum atomic E-state index is 6.89. The molecule has 0 saturated carbocycles. The Balaban J connectivity index is 2.85. The molecule has 0 aliphatic heterocycles. The minimum absolute atomic E-state index is 0.203. The number of hydrogen-bond acceptors (Lipinski definition) is 2. The number of nitrogens with two attached hydrogens (primary N) is 1. The Morgan fingerprint density at radius 2 is 2.36 bits per heavy atom. The summed E-state index contributed by atoms with van der Waals surface area (Å²) in [6, 6.07) is 5.58. The molecule has 0 aromatic heterocycles. The topological polar surface area (TPSA) is 74.3 Å². The highest BCUT2D eigenvalue weighted by Gasteiger charge is 1.99. The number of nitrogens with one attached hydrogen (secondary N) is 2. The summed E-state index contributed by atoms with van der Waals surface area (Å²) in [7, 11) is 0. The highest BCUT2D eigenvalue weighted by Crippen LogP contribution is 2.16. The third-order valence-corrected chi connectivity index (χ3v) is 1.98. The predicted octanol–water partition coefficient (Wildman–Crippen LogP) is 1.47. The SMILES string of the molecule is Cc1cccc(Cl)c1/C=N/NC(=N)N. The van der Waals surface area contributed by atoms with Crippen LogP contribution in [0.5, 0.6) is 0 Å². The quantitative estimate of drug-likeness (QED) is 0.393. The molecule has 14 heavy (non-hydrogen) atoms. The Kier molecular flexibility index (Phi) is 3.48. The summed E-state index contributed by atoms with van der Waals surface area (Å²) < 4.78 is 0. The van der Waals surface area contributed by atoms with Crippen LogP contribution in [0, 0.1) is 12.3 Å². The Morgan fingerprint density at radius 1 is 1.64 bits per heavy atom. The van der Waals surface area contributed by atoms with Crippen LogP contribution in [0.2, 0.25) is 5.02 Å². The average molecular weight is 211 g/mol. The normalized spacial score (nSPS) is 10.4. The van der Waals surface area contributed by atoms with Gasteiger partial charge in [0.05, 0.1) is 6.21 Å². The van der Waals surface area contributed by atoms with Gasteiger partial charge in [-0.15, -0.1) is 0 Å². The molecular weight excluding hydrogens is 200 g/mol. The van der Waals surface area contributed by atoms with Gasteiger partial charge in [-0.05, 0) is 18.6 Å². The van der Waals surface area contributed by atoms with E-state index < -0.39 is 0 Å². The van der Waals surface area contributed by atoms with Crippen LogP contribution in [-0.4, -0.2) is 12.2 Å². The van der Waals surface area contributed by atoms with Gasteiger partial charge >= 0.3 is 0 Å². The van der Waals surface area contributed by atoms with Gasteiger partial charge < -0.3 is 5.73 Å². The fourth-order valence-corrected chi connectivity index (χ4v) is 1.25. The minimum Gasteiger partial charge on any atom is -0.369 e. The summed E-state index contributed by atoms with van der Waals surface area (Å²) >= 11 is 5.94. The Morgan fingerprint density at radius 3 is 2.93 bits per heavy atom. The van der Waals surface area contributed by atoms with Crippen LogP contribution in [0.25, 0.3) is 0 Å². The van der Waals surface area contributed by atoms with Crippen molar-refractivity contribution >= 4 is 23.8 Å². The molecular formula is C9H11ClN4. The second kappa shape index (κ2) is 4.62. The first-order valence-corrected chi connectivity index (χ1v) is 4.37. The fraction of sp³-hybridized carbons (Fsp3) is 0.111. The molecule has 0 radical (unpaired) electrons. The molecule has 0 saturated heterocycles. The van der Waals surface area contributed by atoms with Crippen molar-refractivity contribution in [2.24, 2.45) is 10.8 Å². The smallest absolute Gasteiger partial charge is 0.206 e. The van der Waals surface area contributed by atoms with E-state index in [1.54, 1.807) is 12.3 Å². The second-order valence-electron chi connectivity index (χ2n) is 2.75. The van der Waals surface area contributed by atoms with Gasteiger partial charge in [0.2, 0.25) is 5.96 Å². The van der Waals surface area contributed by atoms with E-state index in [0.717, 1.165) is 11.1 Å². The number of aryl methyl sites for hydroxylation is 1. The van der Waals surface area contributed by atoms with E-state index >= 15 is 0 Å². The number of guanidine groups is 1. The van der Waals surface area contributed by atoms with Gasteiger partial charge in [0, 0.05) is 10.6 Å². The maximum absolute atomic E-state index is 6.89. The number of rotatable bonds is 2. The van der Waals surface area contributed by atoms with Crippen molar-refractivity contribution in [3.63, 3.8) is 0 Å². The summed E-state index contributed by atoms with van der Waals surface area (Å²) in [6.45, 7) is 1.93. The molecule has 0 amide bonds. The first-order chi connectivity index (χ1) is 6.61. The van der Waals surface area contributed by atoms with Crippen LogP contribution < -0.4 is 11.2 Å². The summed E-state index contributed by atoms with van der Waals surface area (Å²) in [5, 5.41) is 11.3. The first kappa shape index (κ1) is 10.5. The molecule has 0 bridgehead atoms. The van der Waals surface area contributed by atoms with E-state index in [-0.39, 0.29) is 5.96 Å². The Hall–Kier alpha value is -1.55. The zero-order valence-corrected chi connectivity index (χ0v) is 8.47. The maximum Gasteiger partial charge on any atom is 0.206 e. The van der Waals surface area contributed by atoms with E-state index in [1.165, 1.54) is 0 Å². The van der Waals surface area contributed by atoms with E-state index in [9.17, 15) is 0 Å². The number of hydrazone groups is 1. The van der Waals surface area contributed by atoms with Gasteiger partial charge in [-0.2, -0.15) is 5.10 Å². The van der Waals surface area contributed by atoms with Gasteiger partial charge in [0.15, 0.2) is 0 Å². The molecule has 0 spiro atoms. The van der Waals surface area contributed by atoms with Crippen LogP contribution >= 0.6 is 11.6 Å². The molecule has 1 rings (SSSR count). The number of hydrogen-bond donors (Lipinski definition) is 3. The lowest BCUT2D eigenvalue weighted by Gasteiger charge is -2.01. The van der Waals surface area contributed by atoms with Crippen LogP contribution in [0.15, 0.2) is 23.3 Å². The molecule has 74 valence electrons. The lowest BCUT2D eigenvalue weighted by atomic mass is 10.1. The standard InChI is InChI=1S/C9H11ClN4/c1-6-3-2-4-8(10)7(6)5-13-14-9(11)12/h2-5H,1H3,(H4,11,12,14)/b13-5+. The number of nitrogens with zero attached hydrogens (tertiary/aromatic N) is 1. The molecule has 0 atom stereocenters. The van der Waals surface area contributed by atoms with Crippen molar-refractivity contribution in [1.82, 2.24) is 5.43 Å². The van der Waals surface area contributed by atoms with Crippen molar-refractivity contribution in [3.8, 4) is 0 Å². The predicted molar refractivity (Wildman–Crippen MR) is 58.8 cm³/mol. The summed E-state index contributed by atoms with van der Waals surface area (Å²) in [4.78, 5) is 0. The van der Waals surface area contributed by atoms with E-state index in [0.29, 0.717) is 5.02 Å². The summed E-state index contributed by atoms with van der Waals surface area (Å²) in [6.07, 6.45) is 1.54. The molecule has 0 heterocycles. The molecule has 0 unspecified atom stereocenters. The molecule has 4 N–H and O–H groups in total. The van der Waals surface area contributed by atoms with Crippen molar-refractivity contribution in [3.05, 3.63) is 34.3 Å². The molecule has 1 aromatic carbocycles. The lowest BCUT2D eigenvalue weighted by Crippen LogP contribution is -2.25. The molecule has 0 fully saturated rings. The summed E-state index contributed by atoms with van der Waals surface area (Å²) in [5.41, 5.74) is 9.22. The van der Waals surface area contributed by atoms with Crippen LogP contribution in [-0.2, 0) is 0 Å². The largest absolute Gasteiger partial charge is 0.369 e. The van der Waals surface area contributed by atoms with Gasteiger partial charge in [-0.25, -0.2) is 5.43 Å². The van der Waals surface area contributed by atoms with E-state index in [2.05, 4.69) is 10.5 Å². The number of halogens is 1. The molecule has 1 aromatic rings. The second-order valence-corrected chi connectivity index (χ2v) is 3.16. The number of benzene rings is 1.